The molecule has 0 aliphatic heterocycles. The topological polar surface area (TPSA) is 3.88 Å². The highest BCUT2D eigenvalue weighted by Crippen LogP contribution is 2.40. The van der Waals surface area contributed by atoms with Gasteiger partial charge in [-0.05, 0) is 66.7 Å². The van der Waals surface area contributed by atoms with E-state index < -0.39 is 0 Å². The summed E-state index contributed by atoms with van der Waals surface area (Å²) >= 11 is 0. The third kappa shape index (κ3) is 3.84. The van der Waals surface area contributed by atoms with Crippen LogP contribution in [0.2, 0.25) is 0 Å². The van der Waals surface area contributed by atoms with Gasteiger partial charge in [0.05, 0.1) is 0 Å². The van der Waals surface area contributed by atoms with Gasteiger partial charge >= 0.3 is 0 Å². The summed E-state index contributed by atoms with van der Waals surface area (Å²) in [6, 6.07) is 11.9. The van der Waals surface area contributed by atoms with Crippen molar-refractivity contribution >= 4 is 0 Å². The SMILES string of the molecule is CCC(C)(CC)c1ccc(-c2ccc(C3(C)CCCCC3)cc2C)[n+](C)c1. The monoisotopic (exact) mass is 364 g/mol. The number of hydrogen-bond acceptors (Lipinski definition) is 0. The van der Waals surface area contributed by atoms with Gasteiger partial charge in [-0.3, -0.25) is 0 Å². The van der Waals surface area contributed by atoms with Crippen LogP contribution in [0.1, 0.15) is 89.3 Å². The number of aromatic nitrogens is 1. The highest BCUT2D eigenvalue weighted by Gasteiger charge is 2.30. The molecular formula is C26H38N+. The molecule has 1 aliphatic carbocycles. The number of nitrogens with zero attached hydrogens (tertiary/aromatic N) is 1. The fourth-order valence-corrected chi connectivity index (χ4v) is 4.85. The van der Waals surface area contributed by atoms with Crippen molar-refractivity contribution in [2.24, 2.45) is 7.05 Å². The van der Waals surface area contributed by atoms with E-state index in [1.54, 1.807) is 0 Å². The Balaban J connectivity index is 1.95. The van der Waals surface area contributed by atoms with Gasteiger partial charge < -0.3 is 0 Å². The van der Waals surface area contributed by atoms with Gasteiger partial charge in [0.1, 0.15) is 7.05 Å². The molecule has 1 fully saturated rings. The van der Waals surface area contributed by atoms with Crippen LogP contribution in [0.4, 0.5) is 0 Å². The van der Waals surface area contributed by atoms with Crippen molar-refractivity contribution in [2.45, 2.75) is 90.4 Å². The van der Waals surface area contributed by atoms with E-state index >= 15 is 0 Å². The Bertz CT molecular complexity index is 792. The summed E-state index contributed by atoms with van der Waals surface area (Å²) < 4.78 is 2.32. The van der Waals surface area contributed by atoms with E-state index in [0.717, 1.165) is 0 Å². The molecule has 0 radical (unpaired) electrons. The second-order valence-corrected chi connectivity index (χ2v) is 9.33. The van der Waals surface area contributed by atoms with Crippen LogP contribution in [0.15, 0.2) is 36.5 Å². The first-order chi connectivity index (χ1) is 12.8. The van der Waals surface area contributed by atoms with Crippen LogP contribution in [-0.2, 0) is 17.9 Å². The first kappa shape index (κ1) is 20.1. The molecule has 0 amide bonds. The van der Waals surface area contributed by atoms with Crippen molar-refractivity contribution in [2.75, 3.05) is 0 Å². The van der Waals surface area contributed by atoms with Crippen LogP contribution in [-0.4, -0.2) is 0 Å². The van der Waals surface area contributed by atoms with Gasteiger partial charge in [-0.15, -0.1) is 0 Å². The van der Waals surface area contributed by atoms with E-state index in [2.05, 4.69) is 82.8 Å². The fraction of sp³-hybridized carbons (Fsp3) is 0.577. The van der Waals surface area contributed by atoms with E-state index in [0.29, 0.717) is 5.41 Å². The molecule has 1 aromatic carbocycles. The Labute approximate surface area is 166 Å². The third-order valence-corrected chi connectivity index (χ3v) is 7.55. The molecule has 0 unspecified atom stereocenters. The van der Waals surface area contributed by atoms with Gasteiger partial charge in [-0.2, -0.15) is 0 Å². The van der Waals surface area contributed by atoms with Crippen molar-refractivity contribution in [3.63, 3.8) is 0 Å². The minimum Gasteiger partial charge on any atom is -0.201 e. The fourth-order valence-electron chi connectivity index (χ4n) is 4.85. The second-order valence-electron chi connectivity index (χ2n) is 9.33. The van der Waals surface area contributed by atoms with Gasteiger partial charge in [0, 0.05) is 17.2 Å². The van der Waals surface area contributed by atoms with Crippen molar-refractivity contribution < 1.29 is 4.57 Å². The van der Waals surface area contributed by atoms with Crippen LogP contribution in [0.25, 0.3) is 11.3 Å². The van der Waals surface area contributed by atoms with E-state index in [1.165, 1.54) is 72.9 Å². The lowest BCUT2D eigenvalue weighted by atomic mass is 9.70. The summed E-state index contributed by atoms with van der Waals surface area (Å²) in [7, 11) is 2.19. The maximum atomic E-state index is 2.46. The number of rotatable bonds is 5. The zero-order valence-electron chi connectivity index (χ0n) is 18.4. The quantitative estimate of drug-likeness (QED) is 0.514. The summed E-state index contributed by atoms with van der Waals surface area (Å²) in [4.78, 5) is 0. The van der Waals surface area contributed by atoms with Crippen LogP contribution in [0, 0.1) is 6.92 Å². The molecule has 0 N–H and O–H groups in total. The van der Waals surface area contributed by atoms with Gasteiger partial charge in [0.15, 0.2) is 6.20 Å². The smallest absolute Gasteiger partial charge is 0.201 e. The Morgan fingerprint density at radius 1 is 1.00 bits per heavy atom. The first-order valence-corrected chi connectivity index (χ1v) is 10.9. The van der Waals surface area contributed by atoms with Gasteiger partial charge in [0.25, 0.3) is 0 Å². The molecule has 2 aromatic rings. The van der Waals surface area contributed by atoms with E-state index in [1.807, 2.05) is 0 Å². The zero-order chi connectivity index (χ0) is 19.7. The molecular weight excluding hydrogens is 326 g/mol. The first-order valence-electron chi connectivity index (χ1n) is 10.9. The van der Waals surface area contributed by atoms with Crippen molar-refractivity contribution in [1.82, 2.24) is 0 Å². The van der Waals surface area contributed by atoms with Crippen LogP contribution < -0.4 is 4.57 Å². The molecule has 3 rings (SSSR count). The van der Waals surface area contributed by atoms with Crippen LogP contribution in [0.5, 0.6) is 0 Å². The molecule has 1 saturated carbocycles. The minimum atomic E-state index is 0.269. The minimum absolute atomic E-state index is 0.269. The van der Waals surface area contributed by atoms with Gasteiger partial charge in [-0.25, -0.2) is 4.57 Å². The average molecular weight is 365 g/mol. The number of pyridine rings is 1. The van der Waals surface area contributed by atoms with Crippen molar-refractivity contribution in [3.8, 4) is 11.3 Å². The maximum absolute atomic E-state index is 2.46. The maximum Gasteiger partial charge on any atom is 0.212 e. The summed E-state index contributed by atoms with van der Waals surface area (Å²) in [5.74, 6) is 0. The molecule has 1 aromatic heterocycles. The van der Waals surface area contributed by atoms with Gasteiger partial charge in [0.2, 0.25) is 5.69 Å². The summed E-state index contributed by atoms with van der Waals surface area (Å²) in [6.45, 7) is 11.7. The Morgan fingerprint density at radius 3 is 2.22 bits per heavy atom. The van der Waals surface area contributed by atoms with Gasteiger partial charge in [-0.1, -0.05) is 59.1 Å². The van der Waals surface area contributed by atoms with Crippen LogP contribution in [0.3, 0.4) is 0 Å². The average Bonchev–Trinajstić information content (AvgIpc) is 2.68. The van der Waals surface area contributed by atoms with Crippen molar-refractivity contribution in [3.05, 3.63) is 53.2 Å². The lowest BCUT2D eigenvalue weighted by Crippen LogP contribution is -2.34. The molecule has 1 aliphatic rings. The molecule has 1 heteroatoms. The number of benzene rings is 1. The predicted molar refractivity (Wildman–Crippen MR) is 116 cm³/mol. The Hall–Kier alpha value is -1.63. The largest absolute Gasteiger partial charge is 0.212 e. The summed E-state index contributed by atoms with van der Waals surface area (Å²) in [6.07, 6.45) is 11.5. The highest BCUT2D eigenvalue weighted by atomic mass is 14.9. The lowest BCUT2D eigenvalue weighted by Gasteiger charge is -2.34. The number of hydrogen-bond donors (Lipinski definition) is 0. The van der Waals surface area contributed by atoms with Crippen LogP contribution >= 0.6 is 0 Å². The summed E-state index contributed by atoms with van der Waals surface area (Å²) in [5.41, 5.74) is 7.70. The Morgan fingerprint density at radius 2 is 1.67 bits per heavy atom. The van der Waals surface area contributed by atoms with E-state index in [-0.39, 0.29) is 5.41 Å². The normalized spacial score (nSPS) is 17.1. The highest BCUT2D eigenvalue weighted by molar-refractivity contribution is 5.62. The van der Waals surface area contributed by atoms with E-state index in [9.17, 15) is 0 Å². The molecule has 146 valence electrons. The standard InChI is InChI=1S/C26H38N/c1-7-25(4,8-2)22-13-15-24(27(6)19-22)23-14-12-21(18-20(23)3)26(5)16-10-9-11-17-26/h12-15,18-19H,7-11,16-17H2,1-6H3/q+1. The molecule has 0 saturated heterocycles. The molecule has 1 heterocycles. The van der Waals surface area contributed by atoms with Crippen molar-refractivity contribution in [1.29, 1.82) is 0 Å². The molecule has 0 atom stereocenters. The molecule has 1 nitrogen and oxygen atoms in total. The second kappa shape index (κ2) is 7.78. The predicted octanol–water partition coefficient (Wildman–Crippen LogP) is 6.79. The summed E-state index contributed by atoms with van der Waals surface area (Å²) in [5, 5.41) is 0. The molecule has 0 bridgehead atoms. The lowest BCUT2D eigenvalue weighted by molar-refractivity contribution is -0.661. The Kier molecular flexibility index (Phi) is 5.79. The third-order valence-electron chi connectivity index (χ3n) is 7.55. The number of aryl methyl sites for hydroxylation is 2. The zero-order valence-corrected chi connectivity index (χ0v) is 18.4. The molecule has 27 heavy (non-hydrogen) atoms. The molecule has 0 spiro atoms. The van der Waals surface area contributed by atoms with E-state index in [4.69, 9.17) is 0 Å².